The number of nitrogens with one attached hydrogen (secondary N) is 1. The van der Waals surface area contributed by atoms with Crippen LogP contribution in [0.25, 0.3) is 5.57 Å². The molecule has 1 aliphatic rings. The molecule has 1 aliphatic heterocycles. The van der Waals surface area contributed by atoms with Gasteiger partial charge in [-0.05, 0) is 67.3 Å². The first-order chi connectivity index (χ1) is 15.6. The van der Waals surface area contributed by atoms with Crippen LogP contribution in [0, 0.1) is 6.92 Å². The minimum absolute atomic E-state index is 0.0621. The Morgan fingerprint density at radius 3 is 2.44 bits per heavy atom. The molecular weight excluding hydrogens is 400 g/mol. The van der Waals surface area contributed by atoms with Crippen LogP contribution in [0.1, 0.15) is 44.7 Å². The van der Waals surface area contributed by atoms with Gasteiger partial charge in [0, 0.05) is 28.9 Å². The van der Waals surface area contributed by atoms with E-state index in [1.54, 1.807) is 43.7 Å². The molecule has 3 aromatic carbocycles. The zero-order valence-electron chi connectivity index (χ0n) is 18.3. The van der Waals surface area contributed by atoms with Gasteiger partial charge in [-0.15, -0.1) is 0 Å². The summed E-state index contributed by atoms with van der Waals surface area (Å²) in [6.45, 7) is 2.53. The number of rotatable bonds is 4. The monoisotopic (exact) mass is 426 g/mol. The van der Waals surface area contributed by atoms with Crippen molar-refractivity contribution in [2.75, 3.05) is 23.9 Å². The van der Waals surface area contributed by atoms with Crippen LogP contribution < -0.4 is 10.2 Å². The standard InChI is InChI=1S/C27H26N2O3/c1-19-8-3-4-10-23(19)26(30)28-22-15-13-20(14-16-22)27(31)29-17-7-9-21(18-32-2)24-11-5-6-12-25(24)29/h3-6,8,10-16,18H,7,9,17H2,1-2H3,(H,28,30)/b21-18-. The van der Waals surface area contributed by atoms with E-state index in [4.69, 9.17) is 4.74 Å². The van der Waals surface area contributed by atoms with Gasteiger partial charge in [0.05, 0.1) is 19.1 Å². The topological polar surface area (TPSA) is 58.6 Å². The van der Waals surface area contributed by atoms with Crippen molar-refractivity contribution in [1.29, 1.82) is 0 Å². The average Bonchev–Trinajstić information content (AvgIpc) is 2.99. The van der Waals surface area contributed by atoms with Crippen molar-refractivity contribution in [3.05, 3.63) is 101 Å². The number of carbonyl (C=O) groups excluding carboxylic acids is 2. The molecular formula is C27H26N2O3. The predicted octanol–water partition coefficient (Wildman–Crippen LogP) is 5.68. The van der Waals surface area contributed by atoms with Crippen LogP contribution in [-0.2, 0) is 4.74 Å². The van der Waals surface area contributed by atoms with E-state index in [1.165, 1.54) is 0 Å². The Morgan fingerprint density at radius 2 is 1.69 bits per heavy atom. The third-order valence-corrected chi connectivity index (χ3v) is 5.65. The number of methoxy groups -OCH3 is 1. The molecule has 0 aliphatic carbocycles. The van der Waals surface area contributed by atoms with Gasteiger partial charge in [-0.1, -0.05) is 36.4 Å². The van der Waals surface area contributed by atoms with Gasteiger partial charge in [0.1, 0.15) is 0 Å². The number of para-hydroxylation sites is 1. The molecule has 0 bridgehead atoms. The molecule has 0 aromatic heterocycles. The summed E-state index contributed by atoms with van der Waals surface area (Å²) in [5.74, 6) is -0.228. The highest BCUT2D eigenvalue weighted by molar-refractivity contribution is 6.08. The largest absolute Gasteiger partial charge is 0.504 e. The van der Waals surface area contributed by atoms with Crippen LogP contribution >= 0.6 is 0 Å². The summed E-state index contributed by atoms with van der Waals surface area (Å²) in [6, 6.07) is 22.4. The zero-order chi connectivity index (χ0) is 22.5. The molecule has 0 spiro atoms. The Kier molecular flexibility index (Phi) is 6.36. The van der Waals surface area contributed by atoms with Gasteiger partial charge in [0.15, 0.2) is 0 Å². The van der Waals surface area contributed by atoms with Gasteiger partial charge < -0.3 is 15.0 Å². The van der Waals surface area contributed by atoms with Crippen molar-refractivity contribution >= 4 is 28.8 Å². The predicted molar refractivity (Wildman–Crippen MR) is 128 cm³/mol. The van der Waals surface area contributed by atoms with E-state index >= 15 is 0 Å². The highest BCUT2D eigenvalue weighted by Crippen LogP contribution is 2.34. The number of anilines is 2. The Balaban J connectivity index is 1.55. The Hall–Kier alpha value is -3.86. The van der Waals surface area contributed by atoms with E-state index in [1.807, 2.05) is 54.3 Å². The van der Waals surface area contributed by atoms with Crippen molar-refractivity contribution in [2.45, 2.75) is 19.8 Å². The molecule has 0 atom stereocenters. The average molecular weight is 427 g/mol. The maximum Gasteiger partial charge on any atom is 0.258 e. The number of carbonyl (C=O) groups is 2. The molecule has 5 nitrogen and oxygen atoms in total. The molecule has 32 heavy (non-hydrogen) atoms. The number of hydrogen-bond donors (Lipinski definition) is 1. The molecule has 5 heteroatoms. The Morgan fingerprint density at radius 1 is 0.969 bits per heavy atom. The van der Waals surface area contributed by atoms with Crippen molar-refractivity contribution in [3.63, 3.8) is 0 Å². The third-order valence-electron chi connectivity index (χ3n) is 5.65. The molecule has 3 aromatic rings. The number of allylic oxidation sites excluding steroid dienone is 1. The minimum atomic E-state index is -0.166. The van der Waals surface area contributed by atoms with Crippen molar-refractivity contribution in [2.24, 2.45) is 0 Å². The second-order valence-corrected chi connectivity index (χ2v) is 7.80. The summed E-state index contributed by atoms with van der Waals surface area (Å²) < 4.78 is 5.26. The lowest BCUT2D eigenvalue weighted by Crippen LogP contribution is -2.31. The van der Waals surface area contributed by atoms with Gasteiger partial charge in [-0.3, -0.25) is 9.59 Å². The molecule has 1 N–H and O–H groups in total. The highest BCUT2D eigenvalue weighted by atomic mass is 16.5. The van der Waals surface area contributed by atoms with Crippen molar-refractivity contribution in [3.8, 4) is 0 Å². The molecule has 0 saturated carbocycles. The lowest BCUT2D eigenvalue weighted by molar-refractivity contribution is 0.0985. The molecule has 0 saturated heterocycles. The summed E-state index contributed by atoms with van der Waals surface area (Å²) in [5.41, 5.74) is 5.77. The number of hydrogen-bond acceptors (Lipinski definition) is 3. The number of amides is 2. The summed E-state index contributed by atoms with van der Waals surface area (Å²) in [6.07, 6.45) is 3.46. The van der Waals surface area contributed by atoms with Gasteiger partial charge in [0.25, 0.3) is 11.8 Å². The molecule has 0 radical (unpaired) electrons. The fourth-order valence-electron chi connectivity index (χ4n) is 4.02. The van der Waals surface area contributed by atoms with Crippen LogP contribution in [0.3, 0.4) is 0 Å². The molecule has 0 unspecified atom stereocenters. The van der Waals surface area contributed by atoms with Crippen LogP contribution in [0.2, 0.25) is 0 Å². The molecule has 2 amide bonds. The van der Waals surface area contributed by atoms with Crippen LogP contribution in [0.4, 0.5) is 11.4 Å². The molecule has 1 heterocycles. The summed E-state index contributed by atoms with van der Waals surface area (Å²) in [4.78, 5) is 27.8. The van der Waals surface area contributed by atoms with E-state index in [2.05, 4.69) is 5.32 Å². The normalized spacial score (nSPS) is 14.4. The molecule has 162 valence electrons. The van der Waals surface area contributed by atoms with Gasteiger partial charge in [-0.25, -0.2) is 0 Å². The Bertz CT molecular complexity index is 1170. The van der Waals surface area contributed by atoms with Gasteiger partial charge in [-0.2, -0.15) is 0 Å². The second kappa shape index (κ2) is 9.52. The van der Waals surface area contributed by atoms with E-state index < -0.39 is 0 Å². The SMILES string of the molecule is CO/C=C1/CCCN(C(=O)c2ccc(NC(=O)c3ccccc3C)cc2)c2ccccc21. The fourth-order valence-corrected chi connectivity index (χ4v) is 4.02. The highest BCUT2D eigenvalue weighted by Gasteiger charge is 2.24. The van der Waals surface area contributed by atoms with E-state index in [9.17, 15) is 9.59 Å². The van der Waals surface area contributed by atoms with E-state index in [0.29, 0.717) is 23.4 Å². The lowest BCUT2D eigenvalue weighted by Gasteiger charge is -2.23. The first kappa shape index (κ1) is 21.4. The van der Waals surface area contributed by atoms with Crippen molar-refractivity contribution < 1.29 is 14.3 Å². The van der Waals surface area contributed by atoms with Crippen LogP contribution in [0.15, 0.2) is 79.1 Å². The lowest BCUT2D eigenvalue weighted by atomic mass is 10.0. The van der Waals surface area contributed by atoms with Crippen molar-refractivity contribution in [1.82, 2.24) is 0 Å². The first-order valence-corrected chi connectivity index (χ1v) is 10.7. The molecule has 4 rings (SSSR count). The quantitative estimate of drug-likeness (QED) is 0.547. The smallest absolute Gasteiger partial charge is 0.258 e. The van der Waals surface area contributed by atoms with Crippen LogP contribution in [-0.4, -0.2) is 25.5 Å². The maximum atomic E-state index is 13.4. The number of ether oxygens (including phenoxy) is 1. The minimum Gasteiger partial charge on any atom is -0.504 e. The zero-order valence-corrected chi connectivity index (χ0v) is 18.3. The summed E-state index contributed by atoms with van der Waals surface area (Å²) in [7, 11) is 1.64. The summed E-state index contributed by atoms with van der Waals surface area (Å²) >= 11 is 0. The van der Waals surface area contributed by atoms with Gasteiger partial charge in [0.2, 0.25) is 0 Å². The second-order valence-electron chi connectivity index (χ2n) is 7.80. The number of benzene rings is 3. The first-order valence-electron chi connectivity index (χ1n) is 10.7. The number of nitrogens with zero attached hydrogens (tertiary/aromatic N) is 1. The van der Waals surface area contributed by atoms with E-state index in [-0.39, 0.29) is 11.8 Å². The van der Waals surface area contributed by atoms with Gasteiger partial charge >= 0.3 is 0 Å². The summed E-state index contributed by atoms with van der Waals surface area (Å²) in [5, 5.41) is 2.91. The van der Waals surface area contributed by atoms with Crippen LogP contribution in [0.5, 0.6) is 0 Å². The van der Waals surface area contributed by atoms with E-state index in [0.717, 1.165) is 35.2 Å². The fraction of sp³-hybridized carbons (Fsp3) is 0.185. The number of fused-ring (bicyclic) bond motifs is 1. The molecule has 0 fully saturated rings. The number of aryl methyl sites for hydroxylation is 1. The Labute approximate surface area is 188 Å². The third kappa shape index (κ3) is 4.42. The maximum absolute atomic E-state index is 13.4.